The number of aromatic nitrogens is 3. The van der Waals surface area contributed by atoms with Gasteiger partial charge in [-0.05, 0) is 37.6 Å². The molecule has 3 aromatic rings. The van der Waals surface area contributed by atoms with Crippen LogP contribution in [0.5, 0.6) is 0 Å². The zero-order valence-corrected chi connectivity index (χ0v) is 14.8. The molecule has 0 unspecified atom stereocenters. The van der Waals surface area contributed by atoms with E-state index in [9.17, 15) is 0 Å². The molecule has 4 N–H and O–H groups in total. The van der Waals surface area contributed by atoms with E-state index < -0.39 is 0 Å². The number of benzene rings is 1. The van der Waals surface area contributed by atoms with Gasteiger partial charge in [-0.25, -0.2) is 0 Å². The Morgan fingerprint density at radius 2 is 2.19 bits per heavy atom. The summed E-state index contributed by atoms with van der Waals surface area (Å²) in [6.45, 7) is 4.91. The number of fused-ring (bicyclic) bond motifs is 2. The fourth-order valence-corrected chi connectivity index (χ4v) is 3.76. The van der Waals surface area contributed by atoms with Crippen molar-refractivity contribution in [1.29, 1.82) is 0 Å². The molecule has 0 saturated carbocycles. The average molecular weight is 346 g/mol. The molecule has 0 aliphatic carbocycles. The third-order valence-corrected chi connectivity index (χ3v) is 5.17. The molecule has 6 heteroatoms. The number of hydrogen-bond donors (Lipinski definition) is 4. The van der Waals surface area contributed by atoms with Crippen molar-refractivity contribution >= 4 is 22.3 Å². The molecule has 132 valence electrons. The normalized spacial score (nSPS) is 17.0. The van der Waals surface area contributed by atoms with E-state index in [0.717, 1.165) is 54.0 Å². The van der Waals surface area contributed by atoms with E-state index in [0.29, 0.717) is 0 Å². The summed E-state index contributed by atoms with van der Waals surface area (Å²) in [6.07, 6.45) is 7.59. The van der Waals surface area contributed by atoms with Crippen molar-refractivity contribution < 1.29 is 0 Å². The molecule has 0 bridgehead atoms. The summed E-state index contributed by atoms with van der Waals surface area (Å²) in [4.78, 5) is 5.75. The molecule has 0 amide bonds. The van der Waals surface area contributed by atoms with Crippen LogP contribution in [0, 0.1) is 6.92 Å². The van der Waals surface area contributed by atoms with Crippen molar-refractivity contribution in [1.82, 2.24) is 25.4 Å². The third kappa shape index (κ3) is 2.59. The van der Waals surface area contributed by atoms with Gasteiger partial charge in [0.15, 0.2) is 0 Å². The van der Waals surface area contributed by atoms with Crippen LogP contribution in [0.25, 0.3) is 16.6 Å². The molecule has 2 aliphatic heterocycles. The van der Waals surface area contributed by atoms with E-state index in [1.165, 1.54) is 17.0 Å². The first-order valence-electron chi connectivity index (χ1n) is 9.04. The number of rotatable bonds is 3. The predicted molar refractivity (Wildman–Crippen MR) is 104 cm³/mol. The highest BCUT2D eigenvalue weighted by Gasteiger charge is 2.21. The predicted octanol–water partition coefficient (Wildman–Crippen LogP) is 3.30. The Morgan fingerprint density at radius 1 is 1.23 bits per heavy atom. The van der Waals surface area contributed by atoms with Gasteiger partial charge in [0.2, 0.25) is 0 Å². The lowest BCUT2D eigenvalue weighted by Crippen LogP contribution is -2.29. The summed E-state index contributed by atoms with van der Waals surface area (Å²) in [6, 6.07) is 8.43. The van der Waals surface area contributed by atoms with E-state index >= 15 is 0 Å². The summed E-state index contributed by atoms with van der Waals surface area (Å²) in [5.74, 6) is 0. The maximum atomic E-state index is 4.31. The molecule has 0 fully saturated rings. The minimum Gasteiger partial charge on any atom is -0.363 e. The topological polar surface area (TPSA) is 71.8 Å². The summed E-state index contributed by atoms with van der Waals surface area (Å²) in [5, 5.41) is 15.5. The standard InChI is InChI=1S/C20H22N6/c1-13-17-10-14(2-3-18(17)25-24-13)23-20-12-26(15-4-7-21-8-5-15)11-19-16(20)6-9-22-19/h2-4,6,9-10,12,21-23H,5,7-8,11H2,1H3,(H,24,25). The second kappa shape index (κ2) is 6.07. The molecule has 0 radical (unpaired) electrons. The Balaban J connectivity index is 1.50. The first-order valence-corrected chi connectivity index (χ1v) is 9.04. The second-order valence-electron chi connectivity index (χ2n) is 6.90. The Kier molecular flexibility index (Phi) is 3.57. The van der Waals surface area contributed by atoms with Gasteiger partial charge in [0.1, 0.15) is 0 Å². The summed E-state index contributed by atoms with van der Waals surface area (Å²) < 4.78 is 0. The fourth-order valence-electron chi connectivity index (χ4n) is 3.76. The van der Waals surface area contributed by atoms with Gasteiger partial charge in [-0.3, -0.25) is 5.10 Å². The SMILES string of the molecule is Cc1[nH]nc2ccc(NC3=CN(C4=CCNCC4)Cc4[nH]ccc43)cc12. The summed E-state index contributed by atoms with van der Waals surface area (Å²) in [7, 11) is 0. The van der Waals surface area contributed by atoms with Crippen LogP contribution in [0.4, 0.5) is 5.69 Å². The Hall–Kier alpha value is -2.99. The van der Waals surface area contributed by atoms with Crippen molar-refractivity contribution in [3.8, 4) is 0 Å². The summed E-state index contributed by atoms with van der Waals surface area (Å²) >= 11 is 0. The number of aromatic amines is 2. The van der Waals surface area contributed by atoms with Crippen LogP contribution in [0.2, 0.25) is 0 Å². The van der Waals surface area contributed by atoms with Crippen molar-refractivity contribution in [2.24, 2.45) is 0 Å². The van der Waals surface area contributed by atoms with Gasteiger partial charge in [-0.15, -0.1) is 0 Å². The monoisotopic (exact) mass is 346 g/mol. The van der Waals surface area contributed by atoms with Crippen molar-refractivity contribution in [3.05, 3.63) is 65.4 Å². The van der Waals surface area contributed by atoms with E-state index in [-0.39, 0.29) is 0 Å². The summed E-state index contributed by atoms with van der Waals surface area (Å²) in [5.41, 5.74) is 8.13. The lowest BCUT2D eigenvalue weighted by atomic mass is 10.1. The smallest absolute Gasteiger partial charge is 0.0925 e. The van der Waals surface area contributed by atoms with Crippen LogP contribution in [0.1, 0.15) is 23.4 Å². The molecule has 0 spiro atoms. The van der Waals surface area contributed by atoms with Crippen LogP contribution in [-0.4, -0.2) is 33.2 Å². The number of aryl methyl sites for hydroxylation is 1. The zero-order chi connectivity index (χ0) is 17.5. The number of nitrogens with zero attached hydrogens (tertiary/aromatic N) is 2. The maximum absolute atomic E-state index is 4.31. The number of anilines is 1. The molecule has 4 heterocycles. The van der Waals surface area contributed by atoms with Crippen LogP contribution in [0.15, 0.2) is 48.4 Å². The average Bonchev–Trinajstić information content (AvgIpc) is 3.30. The second-order valence-corrected chi connectivity index (χ2v) is 6.90. The van der Waals surface area contributed by atoms with Gasteiger partial charge in [0.05, 0.1) is 17.8 Å². The molecule has 2 aromatic heterocycles. The highest BCUT2D eigenvalue weighted by molar-refractivity contribution is 5.88. The van der Waals surface area contributed by atoms with Gasteiger partial charge in [0, 0.05) is 59.2 Å². The van der Waals surface area contributed by atoms with Gasteiger partial charge >= 0.3 is 0 Å². The largest absolute Gasteiger partial charge is 0.363 e. The highest BCUT2D eigenvalue weighted by atomic mass is 15.2. The van der Waals surface area contributed by atoms with Crippen molar-refractivity contribution in [3.63, 3.8) is 0 Å². The number of H-pyrrole nitrogens is 2. The van der Waals surface area contributed by atoms with Crippen LogP contribution >= 0.6 is 0 Å². The fraction of sp³-hybridized carbons (Fsp3) is 0.250. The van der Waals surface area contributed by atoms with E-state index in [1.54, 1.807) is 0 Å². The molecule has 6 nitrogen and oxygen atoms in total. The van der Waals surface area contributed by atoms with Gasteiger partial charge in [0.25, 0.3) is 0 Å². The highest BCUT2D eigenvalue weighted by Crippen LogP contribution is 2.31. The van der Waals surface area contributed by atoms with E-state index in [4.69, 9.17) is 0 Å². The van der Waals surface area contributed by atoms with Gasteiger partial charge in [-0.1, -0.05) is 6.08 Å². The molecule has 26 heavy (non-hydrogen) atoms. The van der Waals surface area contributed by atoms with E-state index in [2.05, 4.69) is 74.2 Å². The van der Waals surface area contributed by atoms with Crippen LogP contribution in [0.3, 0.4) is 0 Å². The minimum atomic E-state index is 0.888. The molecule has 0 atom stereocenters. The molecular weight excluding hydrogens is 324 g/mol. The quantitative estimate of drug-likeness (QED) is 0.587. The third-order valence-electron chi connectivity index (χ3n) is 5.17. The number of nitrogens with one attached hydrogen (secondary N) is 4. The lowest BCUT2D eigenvalue weighted by molar-refractivity contribution is 0.415. The molecule has 0 saturated heterocycles. The molecule has 2 aliphatic rings. The van der Waals surface area contributed by atoms with Gasteiger partial charge < -0.3 is 20.5 Å². The minimum absolute atomic E-state index is 0.888. The molecule has 5 rings (SSSR count). The van der Waals surface area contributed by atoms with Crippen LogP contribution in [-0.2, 0) is 6.54 Å². The maximum Gasteiger partial charge on any atom is 0.0925 e. The first kappa shape index (κ1) is 15.3. The molecular formula is C20H22N6. The Bertz CT molecular complexity index is 1020. The first-order chi connectivity index (χ1) is 12.8. The lowest BCUT2D eigenvalue weighted by Gasteiger charge is -2.31. The van der Waals surface area contributed by atoms with E-state index in [1.807, 2.05) is 6.20 Å². The van der Waals surface area contributed by atoms with Crippen molar-refractivity contribution in [2.75, 3.05) is 18.4 Å². The van der Waals surface area contributed by atoms with Crippen LogP contribution < -0.4 is 10.6 Å². The zero-order valence-electron chi connectivity index (χ0n) is 14.8. The Morgan fingerprint density at radius 3 is 3.08 bits per heavy atom. The Labute approximate surface area is 152 Å². The van der Waals surface area contributed by atoms with Gasteiger partial charge in [-0.2, -0.15) is 5.10 Å². The number of hydrogen-bond acceptors (Lipinski definition) is 4. The van der Waals surface area contributed by atoms with Crippen molar-refractivity contribution in [2.45, 2.75) is 19.9 Å². The molecule has 1 aromatic carbocycles.